The van der Waals surface area contributed by atoms with E-state index in [2.05, 4.69) is 25.9 Å². The molecular weight excluding hydrogens is 556 g/mol. The predicted molar refractivity (Wildman–Crippen MR) is 161 cm³/mol. The maximum absolute atomic E-state index is 13.3. The van der Waals surface area contributed by atoms with Crippen LogP contribution in [-0.4, -0.2) is 82.2 Å². The monoisotopic (exact) mass is 594 g/mol. The lowest BCUT2D eigenvalue weighted by molar-refractivity contribution is -0.142. The fourth-order valence-electron chi connectivity index (χ4n) is 4.47. The Morgan fingerprint density at radius 3 is 2.14 bits per heavy atom. The molecule has 3 aromatic rings. The minimum atomic E-state index is -1.48. The number of nitrogens with zero attached hydrogens (tertiary/aromatic N) is 1. The van der Waals surface area contributed by atoms with E-state index in [0.717, 1.165) is 22.0 Å². The van der Waals surface area contributed by atoms with Crippen molar-refractivity contribution in [2.45, 2.75) is 49.9 Å². The van der Waals surface area contributed by atoms with Crippen LogP contribution in [0, 0.1) is 0 Å². The molecule has 0 saturated carbocycles. The number of aromatic amines is 1. The van der Waals surface area contributed by atoms with Crippen LogP contribution in [-0.2, 0) is 32.0 Å². The highest BCUT2D eigenvalue weighted by atomic mass is 16.4. The number of carbonyl (C=O) groups excluding carboxylic acids is 3. The molecule has 4 atom stereocenters. The van der Waals surface area contributed by atoms with Crippen LogP contribution in [0.3, 0.4) is 0 Å². The molecule has 230 valence electrons. The van der Waals surface area contributed by atoms with Gasteiger partial charge in [0.25, 0.3) is 0 Å². The largest absolute Gasteiger partial charge is 0.480 e. The van der Waals surface area contributed by atoms with Gasteiger partial charge >= 0.3 is 5.97 Å². The molecular formula is C29H38N8O6. The summed E-state index contributed by atoms with van der Waals surface area (Å²) >= 11 is 0. The van der Waals surface area contributed by atoms with E-state index in [1.165, 1.54) is 0 Å². The van der Waals surface area contributed by atoms with Crippen molar-refractivity contribution in [1.82, 2.24) is 20.9 Å². The average molecular weight is 595 g/mol. The van der Waals surface area contributed by atoms with Crippen LogP contribution in [0.5, 0.6) is 0 Å². The van der Waals surface area contributed by atoms with Crippen molar-refractivity contribution in [1.29, 1.82) is 0 Å². The van der Waals surface area contributed by atoms with Crippen molar-refractivity contribution in [2.75, 3.05) is 13.2 Å². The Morgan fingerprint density at radius 1 is 0.837 bits per heavy atom. The van der Waals surface area contributed by atoms with Crippen LogP contribution in [0.4, 0.5) is 0 Å². The summed E-state index contributed by atoms with van der Waals surface area (Å²) in [5.41, 5.74) is 19.2. The minimum Gasteiger partial charge on any atom is -0.480 e. The Hall–Kier alpha value is -4.95. The Bertz CT molecular complexity index is 1420. The number of nitrogens with one attached hydrogen (secondary N) is 4. The Kier molecular flexibility index (Phi) is 12.0. The van der Waals surface area contributed by atoms with Gasteiger partial charge in [0.1, 0.15) is 18.1 Å². The first kappa shape index (κ1) is 32.6. The van der Waals surface area contributed by atoms with Crippen LogP contribution >= 0.6 is 0 Å². The van der Waals surface area contributed by atoms with E-state index in [0.29, 0.717) is 0 Å². The number of hydrogen-bond donors (Lipinski definition) is 9. The lowest BCUT2D eigenvalue weighted by Gasteiger charge is -2.24. The molecule has 0 bridgehead atoms. The van der Waals surface area contributed by atoms with Crippen molar-refractivity contribution < 1.29 is 29.4 Å². The maximum atomic E-state index is 13.3. The van der Waals surface area contributed by atoms with Crippen LogP contribution in [0.2, 0.25) is 0 Å². The summed E-state index contributed by atoms with van der Waals surface area (Å²) in [6, 6.07) is 11.6. The van der Waals surface area contributed by atoms with Gasteiger partial charge in [-0.3, -0.25) is 19.4 Å². The number of para-hydroxylation sites is 1. The quantitative estimate of drug-likeness (QED) is 0.0551. The Morgan fingerprint density at radius 2 is 1.47 bits per heavy atom. The molecule has 1 heterocycles. The number of amides is 3. The summed E-state index contributed by atoms with van der Waals surface area (Å²) in [7, 11) is 0. The number of aliphatic carboxylic acids is 1. The molecule has 0 aliphatic heterocycles. The first-order valence-electron chi connectivity index (χ1n) is 13.7. The van der Waals surface area contributed by atoms with Crippen LogP contribution < -0.4 is 33.2 Å². The van der Waals surface area contributed by atoms with E-state index in [9.17, 15) is 29.4 Å². The van der Waals surface area contributed by atoms with Crippen molar-refractivity contribution >= 4 is 40.6 Å². The highest BCUT2D eigenvalue weighted by Crippen LogP contribution is 2.19. The van der Waals surface area contributed by atoms with Gasteiger partial charge in [0.05, 0.1) is 12.6 Å². The highest BCUT2D eigenvalue weighted by Gasteiger charge is 2.30. The summed E-state index contributed by atoms with van der Waals surface area (Å²) in [6.07, 6.45) is 2.32. The number of rotatable bonds is 16. The zero-order valence-electron chi connectivity index (χ0n) is 23.5. The van der Waals surface area contributed by atoms with E-state index in [1.54, 1.807) is 36.5 Å². The van der Waals surface area contributed by atoms with Gasteiger partial charge in [-0.05, 0) is 36.5 Å². The molecule has 0 radical (unpaired) electrons. The predicted octanol–water partition coefficient (Wildman–Crippen LogP) is -1.13. The molecule has 0 aliphatic rings. The van der Waals surface area contributed by atoms with E-state index in [-0.39, 0.29) is 38.2 Å². The highest BCUT2D eigenvalue weighted by molar-refractivity contribution is 5.94. The third-order valence-electron chi connectivity index (χ3n) is 6.74. The molecule has 2 aromatic carbocycles. The normalized spacial score (nSPS) is 13.7. The molecule has 43 heavy (non-hydrogen) atoms. The van der Waals surface area contributed by atoms with E-state index >= 15 is 0 Å². The number of aliphatic imine (C=N–C) groups is 1. The Balaban J connectivity index is 1.68. The zero-order valence-corrected chi connectivity index (χ0v) is 23.5. The standard InChI is InChI=1S/C29H38N8O6/c30-20(14-18-15-34-21-10-5-4-9-19(18)21)25(39)36-23(13-17-7-2-1-3-8-17)26(40)37-24(16-38)27(41)35-22(28(42)43)11-6-12-33-29(31)32/h1-5,7-10,15,20,22-24,34,38H,6,11-14,16,30H2,(H,35,41)(H,36,39)(H,37,40)(H,42,43)(H4,31,32,33). The van der Waals surface area contributed by atoms with Gasteiger partial charge in [-0.25, -0.2) is 4.79 Å². The lowest BCUT2D eigenvalue weighted by atomic mass is 10.0. The molecule has 4 unspecified atom stereocenters. The SMILES string of the molecule is NC(N)=NCCCC(NC(=O)C(CO)NC(=O)C(Cc1ccccc1)NC(=O)C(N)Cc1c[nH]c2ccccc12)C(=O)O. The molecule has 0 saturated heterocycles. The topological polar surface area (TPSA) is 251 Å². The molecule has 0 aliphatic carbocycles. The van der Waals surface area contributed by atoms with Gasteiger partial charge in [0, 0.05) is 30.1 Å². The lowest BCUT2D eigenvalue weighted by Crippen LogP contribution is -2.58. The molecule has 14 heteroatoms. The first-order valence-corrected chi connectivity index (χ1v) is 13.7. The maximum Gasteiger partial charge on any atom is 0.326 e. The fourth-order valence-corrected chi connectivity index (χ4v) is 4.47. The molecule has 0 fully saturated rings. The molecule has 12 N–H and O–H groups in total. The number of aliphatic hydroxyl groups excluding tert-OH is 1. The molecule has 0 spiro atoms. The number of benzene rings is 2. The number of aliphatic hydroxyl groups is 1. The number of nitrogens with two attached hydrogens (primary N) is 3. The number of carboxylic acids is 1. The smallest absolute Gasteiger partial charge is 0.326 e. The third-order valence-corrected chi connectivity index (χ3v) is 6.74. The van der Waals surface area contributed by atoms with Gasteiger partial charge in [0.2, 0.25) is 17.7 Å². The van der Waals surface area contributed by atoms with Gasteiger partial charge < -0.3 is 48.3 Å². The van der Waals surface area contributed by atoms with Gasteiger partial charge in [0.15, 0.2) is 5.96 Å². The Labute approximate surface area is 248 Å². The number of hydrogen-bond acceptors (Lipinski definition) is 7. The third kappa shape index (κ3) is 9.83. The molecule has 1 aromatic heterocycles. The zero-order chi connectivity index (χ0) is 31.4. The van der Waals surface area contributed by atoms with Crippen molar-refractivity contribution in [3.05, 3.63) is 71.9 Å². The van der Waals surface area contributed by atoms with Crippen LogP contribution in [0.25, 0.3) is 10.9 Å². The second-order valence-electron chi connectivity index (χ2n) is 10.0. The molecule has 3 amide bonds. The minimum absolute atomic E-state index is 0.00492. The average Bonchev–Trinajstić information content (AvgIpc) is 3.39. The van der Waals surface area contributed by atoms with E-state index in [1.807, 2.05) is 24.3 Å². The van der Waals surface area contributed by atoms with Gasteiger partial charge in [-0.15, -0.1) is 0 Å². The van der Waals surface area contributed by atoms with E-state index < -0.39 is 54.5 Å². The first-order chi connectivity index (χ1) is 20.6. The van der Waals surface area contributed by atoms with Crippen molar-refractivity contribution in [2.24, 2.45) is 22.2 Å². The number of aromatic nitrogens is 1. The van der Waals surface area contributed by atoms with Crippen LogP contribution in [0.1, 0.15) is 24.0 Å². The summed E-state index contributed by atoms with van der Waals surface area (Å²) in [4.78, 5) is 57.9. The summed E-state index contributed by atoms with van der Waals surface area (Å²) < 4.78 is 0. The van der Waals surface area contributed by atoms with E-state index in [4.69, 9.17) is 17.2 Å². The molecule has 14 nitrogen and oxygen atoms in total. The van der Waals surface area contributed by atoms with Gasteiger partial charge in [-0.2, -0.15) is 0 Å². The number of H-pyrrole nitrogens is 1. The second-order valence-corrected chi connectivity index (χ2v) is 10.0. The molecule has 3 rings (SSSR count). The number of carbonyl (C=O) groups is 4. The van der Waals surface area contributed by atoms with Crippen molar-refractivity contribution in [3.63, 3.8) is 0 Å². The van der Waals surface area contributed by atoms with Crippen molar-refractivity contribution in [3.8, 4) is 0 Å². The summed E-state index contributed by atoms with van der Waals surface area (Å²) in [6.45, 7) is -0.657. The second kappa shape index (κ2) is 15.9. The number of guanidine groups is 1. The summed E-state index contributed by atoms with van der Waals surface area (Å²) in [5.74, 6) is -3.70. The number of carboxylic acid groups (broad SMARTS) is 1. The fraction of sp³-hybridized carbons (Fsp3) is 0.345. The number of fused-ring (bicyclic) bond motifs is 1. The van der Waals surface area contributed by atoms with Crippen LogP contribution in [0.15, 0.2) is 65.8 Å². The summed E-state index contributed by atoms with van der Waals surface area (Å²) in [5, 5.41) is 27.7. The van der Waals surface area contributed by atoms with Gasteiger partial charge in [-0.1, -0.05) is 48.5 Å².